The Morgan fingerprint density at radius 2 is 1.75 bits per heavy atom. The van der Waals surface area contributed by atoms with Crippen molar-refractivity contribution in [1.29, 1.82) is 10.5 Å². The summed E-state index contributed by atoms with van der Waals surface area (Å²) in [5.41, 5.74) is -2.24. The molecule has 1 aliphatic heterocycles. The Morgan fingerprint density at radius 1 is 1.05 bits per heavy atom. The number of nitriles is 2. The van der Waals surface area contributed by atoms with Crippen molar-refractivity contribution in [1.82, 2.24) is 14.8 Å². The van der Waals surface area contributed by atoms with Gasteiger partial charge in [-0.2, -0.15) is 15.6 Å². The Bertz CT molecular complexity index is 2180. The van der Waals surface area contributed by atoms with Crippen LogP contribution in [0.3, 0.4) is 0 Å². The number of hydrogen-bond donors (Lipinski definition) is 0. The number of allylic oxidation sites excluding steroid dienone is 2. The molecule has 1 fully saturated rings. The maximum Gasteiger partial charge on any atom is 1.00 e. The number of phosphoric acid groups is 1. The topological polar surface area (TPSA) is 195 Å². The van der Waals surface area contributed by atoms with Crippen LogP contribution >= 0.6 is 19.6 Å². The molecule has 13 nitrogen and oxygen atoms in total. The first-order valence-electron chi connectivity index (χ1n) is 15.9. The standard InChI is InChI=1S/C36H31F3N5O8PS.2Na/c1-23(54-29-18-49-34(50-19-29)5-3-2-4-26-8-6-25(16-41)13-32(26)38)36(20-44-22-42-21-43-44,31-11-10-28(37)14-33(31)39)52-35(45)30-12-24(15-40)7-9-27(30)17-51-53(46,47)48;;/h2-14,21-23,29,34H,17-20H2,1H3,(H2,46,47,48);;/q;2*+1/p-2/t23-,29-,34-,36-;;/m1../s1. The second-order valence-electron chi connectivity index (χ2n) is 11.7. The van der Waals surface area contributed by atoms with Gasteiger partial charge < -0.3 is 33.1 Å². The third-order valence-electron chi connectivity index (χ3n) is 8.09. The van der Waals surface area contributed by atoms with E-state index in [2.05, 4.69) is 14.6 Å². The molecule has 0 amide bonds. The van der Waals surface area contributed by atoms with Crippen LogP contribution in [0.2, 0.25) is 0 Å². The minimum absolute atomic E-state index is 0. The van der Waals surface area contributed by atoms with Crippen molar-refractivity contribution < 1.29 is 110 Å². The quantitative estimate of drug-likeness (QED) is 0.0630. The van der Waals surface area contributed by atoms with Crippen LogP contribution < -0.4 is 68.9 Å². The fourth-order valence-corrected chi connectivity index (χ4v) is 7.11. The first kappa shape index (κ1) is 47.3. The van der Waals surface area contributed by atoms with Gasteiger partial charge in [-0.05, 0) is 55.0 Å². The van der Waals surface area contributed by atoms with Crippen molar-refractivity contribution >= 4 is 31.6 Å². The van der Waals surface area contributed by atoms with Gasteiger partial charge in [-0.15, -0.1) is 11.8 Å². The summed E-state index contributed by atoms with van der Waals surface area (Å²) in [4.78, 5) is 40.5. The van der Waals surface area contributed by atoms with Crippen LogP contribution in [0.25, 0.3) is 6.08 Å². The van der Waals surface area contributed by atoms with Gasteiger partial charge in [0.05, 0.1) is 68.3 Å². The van der Waals surface area contributed by atoms with E-state index in [1.807, 2.05) is 12.1 Å². The summed E-state index contributed by atoms with van der Waals surface area (Å²) in [6.45, 7) is 0.667. The molecule has 1 saturated heterocycles. The fourth-order valence-electron chi connectivity index (χ4n) is 5.46. The molecule has 280 valence electrons. The third-order valence-corrected chi connectivity index (χ3v) is 9.98. The van der Waals surface area contributed by atoms with Crippen molar-refractivity contribution in [3.05, 3.63) is 136 Å². The molecule has 0 bridgehead atoms. The Kier molecular flexibility index (Phi) is 18.2. The van der Waals surface area contributed by atoms with Crippen LogP contribution in [-0.4, -0.2) is 50.7 Å². The van der Waals surface area contributed by atoms with Crippen LogP contribution in [-0.2, 0) is 42.1 Å². The van der Waals surface area contributed by atoms with E-state index in [-0.39, 0.29) is 112 Å². The van der Waals surface area contributed by atoms with Gasteiger partial charge in [-0.3, -0.25) is 0 Å². The van der Waals surface area contributed by atoms with Gasteiger partial charge in [0.15, 0.2) is 11.9 Å². The average molecular weight is 826 g/mol. The van der Waals surface area contributed by atoms with E-state index in [4.69, 9.17) is 19.5 Å². The molecule has 0 N–H and O–H groups in total. The van der Waals surface area contributed by atoms with E-state index >= 15 is 4.39 Å². The predicted octanol–water partition coefficient (Wildman–Crippen LogP) is -1.32. The number of hydrogen-bond acceptors (Lipinski definition) is 13. The molecule has 3 aromatic carbocycles. The molecule has 0 radical (unpaired) electrons. The molecular formula is C36H29F3N5Na2O8PS. The van der Waals surface area contributed by atoms with Gasteiger partial charge in [0.2, 0.25) is 0 Å². The van der Waals surface area contributed by atoms with Gasteiger partial charge in [0.1, 0.15) is 30.1 Å². The SMILES string of the molecule is C[C@@H](S[C@H]1CO[C@H](C=CC=Cc2ccc(C#N)cc2F)OC1)[C@@](Cn1cncn1)(OC(=O)c1cc(C#N)ccc1COP(=O)([O-])[O-])c1ccc(F)cc1F.[Na+].[Na+]. The van der Waals surface area contributed by atoms with Gasteiger partial charge in [-0.25, -0.2) is 27.6 Å². The average Bonchev–Trinajstić information content (AvgIpc) is 3.66. The number of halogens is 3. The Labute approximate surface area is 368 Å². The predicted molar refractivity (Wildman–Crippen MR) is 183 cm³/mol. The largest absolute Gasteiger partial charge is 1.00 e. The summed E-state index contributed by atoms with van der Waals surface area (Å²) in [7, 11) is -5.48. The summed E-state index contributed by atoms with van der Waals surface area (Å²) < 4.78 is 79.1. The number of phosphoric ester groups is 1. The molecule has 1 aromatic heterocycles. The molecule has 0 saturated carbocycles. The van der Waals surface area contributed by atoms with Gasteiger partial charge in [-0.1, -0.05) is 30.4 Å². The minimum atomic E-state index is -5.48. The van der Waals surface area contributed by atoms with Crippen molar-refractivity contribution in [2.24, 2.45) is 0 Å². The summed E-state index contributed by atoms with van der Waals surface area (Å²) in [5, 5.41) is 21.3. The Morgan fingerprint density at radius 3 is 2.38 bits per heavy atom. The van der Waals surface area contributed by atoms with Crippen molar-refractivity contribution in [2.75, 3.05) is 13.2 Å². The number of esters is 1. The maximum atomic E-state index is 15.8. The second-order valence-corrected chi connectivity index (χ2v) is 14.5. The molecule has 0 unspecified atom stereocenters. The zero-order valence-electron chi connectivity index (χ0n) is 30.2. The van der Waals surface area contributed by atoms with E-state index in [9.17, 15) is 33.2 Å². The number of carbonyl (C=O) groups is 1. The Hall–Kier alpha value is -3.10. The summed E-state index contributed by atoms with van der Waals surface area (Å²) in [6, 6.07) is 14.2. The minimum Gasteiger partial charge on any atom is -0.790 e. The smallest absolute Gasteiger partial charge is 0.790 e. The third kappa shape index (κ3) is 12.7. The van der Waals surface area contributed by atoms with Crippen molar-refractivity contribution in [2.45, 2.75) is 42.5 Å². The second kappa shape index (κ2) is 21.6. The van der Waals surface area contributed by atoms with Gasteiger partial charge in [0, 0.05) is 22.4 Å². The normalized spacial score (nSPS) is 17.2. The van der Waals surface area contributed by atoms with Crippen LogP contribution in [0.1, 0.15) is 45.1 Å². The maximum absolute atomic E-state index is 15.8. The van der Waals surface area contributed by atoms with E-state index in [0.717, 1.165) is 24.3 Å². The summed E-state index contributed by atoms with van der Waals surface area (Å²) in [6.07, 6.45) is 8.02. The molecule has 56 heavy (non-hydrogen) atoms. The number of nitrogens with zero attached hydrogens (tertiary/aromatic N) is 5. The number of benzene rings is 3. The molecule has 2 atom stereocenters. The molecule has 20 heteroatoms. The molecule has 0 aliphatic carbocycles. The van der Waals surface area contributed by atoms with Crippen LogP contribution in [0, 0.1) is 40.1 Å². The first-order valence-corrected chi connectivity index (χ1v) is 18.3. The van der Waals surface area contributed by atoms with E-state index in [1.54, 1.807) is 25.2 Å². The van der Waals surface area contributed by atoms with Crippen LogP contribution in [0.5, 0.6) is 0 Å². The number of rotatable bonds is 14. The van der Waals surface area contributed by atoms with E-state index < -0.39 is 60.2 Å². The molecule has 0 spiro atoms. The van der Waals surface area contributed by atoms with Gasteiger partial charge >= 0.3 is 65.1 Å². The number of ether oxygens (including phenoxy) is 3. The number of aromatic nitrogens is 3. The van der Waals surface area contributed by atoms with Crippen molar-refractivity contribution in [3.63, 3.8) is 0 Å². The van der Waals surface area contributed by atoms with E-state index in [1.165, 1.54) is 59.4 Å². The monoisotopic (exact) mass is 825 g/mol. The molecule has 4 aromatic rings. The molecular weight excluding hydrogens is 796 g/mol. The zero-order valence-corrected chi connectivity index (χ0v) is 35.9. The van der Waals surface area contributed by atoms with Crippen LogP contribution in [0.15, 0.2) is 85.5 Å². The first-order chi connectivity index (χ1) is 25.8. The molecule has 5 rings (SSSR count). The summed E-state index contributed by atoms with van der Waals surface area (Å²) >= 11 is 1.20. The number of thioether (sulfide) groups is 1. The van der Waals surface area contributed by atoms with Crippen molar-refractivity contribution in [3.8, 4) is 12.1 Å². The number of carbonyl (C=O) groups excluding carboxylic acids is 1. The Balaban J connectivity index is 0.00000420. The van der Waals surface area contributed by atoms with Crippen LogP contribution in [0.4, 0.5) is 13.2 Å². The fraction of sp³-hybridized carbons (Fsp3) is 0.250. The van der Waals surface area contributed by atoms with E-state index in [0.29, 0.717) is 6.07 Å². The molecule has 1 aliphatic rings. The van der Waals surface area contributed by atoms with Gasteiger partial charge in [0.25, 0.3) is 0 Å². The zero-order chi connectivity index (χ0) is 38.9. The molecule has 2 heterocycles. The summed E-state index contributed by atoms with van der Waals surface area (Å²) in [5.74, 6) is -3.66.